The number of aromatic hydroxyl groups is 1. The molecule has 0 bridgehead atoms. The lowest BCUT2D eigenvalue weighted by Crippen LogP contribution is -2.21. The van der Waals surface area contributed by atoms with E-state index in [9.17, 15) is 9.90 Å². The van der Waals surface area contributed by atoms with Crippen molar-refractivity contribution in [3.05, 3.63) is 23.3 Å². The van der Waals surface area contributed by atoms with Crippen LogP contribution in [0.5, 0.6) is 5.75 Å². The van der Waals surface area contributed by atoms with Gasteiger partial charge in [-0.05, 0) is 25.5 Å². The van der Waals surface area contributed by atoms with E-state index < -0.39 is 0 Å². The first kappa shape index (κ1) is 12.8. The summed E-state index contributed by atoms with van der Waals surface area (Å²) in [4.78, 5) is 11.6. The molecule has 1 unspecified atom stereocenters. The Hall–Kier alpha value is -1.22. The summed E-state index contributed by atoms with van der Waals surface area (Å²) in [5, 5.41) is 12.5. The van der Waals surface area contributed by atoms with Crippen molar-refractivity contribution in [2.75, 3.05) is 11.2 Å². The lowest BCUT2D eigenvalue weighted by atomic mass is 10.1. The third kappa shape index (κ3) is 2.67. The molecule has 1 rings (SSSR count). The topological polar surface area (TPSA) is 49.3 Å². The summed E-state index contributed by atoms with van der Waals surface area (Å²) in [5.41, 5.74) is 2.10. The second-order valence-corrected chi connectivity index (χ2v) is 4.26. The summed E-state index contributed by atoms with van der Waals surface area (Å²) >= 11 is 5.60. The summed E-state index contributed by atoms with van der Waals surface area (Å²) < 4.78 is 0. The lowest BCUT2D eigenvalue weighted by Gasteiger charge is -2.13. The molecule has 0 fully saturated rings. The number of hydrogen-bond acceptors (Lipinski definition) is 2. The Balaban J connectivity index is 2.91. The first-order valence-corrected chi connectivity index (χ1v) is 5.66. The smallest absolute Gasteiger partial charge is 0.228 e. The lowest BCUT2D eigenvalue weighted by molar-refractivity contribution is -0.118. The van der Waals surface area contributed by atoms with E-state index in [1.54, 1.807) is 26.0 Å². The molecule has 1 amide bonds. The van der Waals surface area contributed by atoms with Gasteiger partial charge in [0.2, 0.25) is 5.91 Å². The Bertz CT molecular complexity index is 404. The van der Waals surface area contributed by atoms with Crippen molar-refractivity contribution in [2.45, 2.75) is 20.8 Å². The molecule has 1 aromatic rings. The van der Waals surface area contributed by atoms with Gasteiger partial charge in [0.15, 0.2) is 0 Å². The average Bonchev–Trinajstić information content (AvgIpc) is 2.28. The number of aryl methyl sites for hydroxylation is 1. The molecule has 4 heteroatoms. The van der Waals surface area contributed by atoms with E-state index in [1.165, 1.54) is 0 Å². The van der Waals surface area contributed by atoms with Crippen LogP contribution >= 0.6 is 11.6 Å². The van der Waals surface area contributed by atoms with E-state index in [1.807, 2.05) is 6.92 Å². The summed E-state index contributed by atoms with van der Waals surface area (Å²) in [6.45, 7) is 5.34. The predicted molar refractivity (Wildman–Crippen MR) is 66.1 cm³/mol. The van der Waals surface area contributed by atoms with Crippen LogP contribution in [0.1, 0.15) is 18.1 Å². The molecular weight excluding hydrogens is 226 g/mol. The van der Waals surface area contributed by atoms with Crippen molar-refractivity contribution in [3.8, 4) is 5.75 Å². The normalized spacial score (nSPS) is 12.2. The summed E-state index contributed by atoms with van der Waals surface area (Å²) in [5.74, 6) is 0.116. The van der Waals surface area contributed by atoms with Gasteiger partial charge in [-0.3, -0.25) is 4.79 Å². The van der Waals surface area contributed by atoms with Crippen LogP contribution in [0.25, 0.3) is 0 Å². The molecule has 88 valence electrons. The Kier molecular flexibility index (Phi) is 4.19. The van der Waals surface area contributed by atoms with Crippen LogP contribution in [-0.4, -0.2) is 16.9 Å². The number of hydrogen-bond donors (Lipinski definition) is 2. The van der Waals surface area contributed by atoms with Crippen LogP contribution in [0.4, 0.5) is 5.69 Å². The molecule has 0 radical (unpaired) electrons. The average molecular weight is 242 g/mol. The highest BCUT2D eigenvalue weighted by Gasteiger charge is 2.14. The maximum Gasteiger partial charge on any atom is 0.228 e. The van der Waals surface area contributed by atoms with Gasteiger partial charge in [0.25, 0.3) is 0 Å². The van der Waals surface area contributed by atoms with Gasteiger partial charge >= 0.3 is 0 Å². The Labute approximate surface area is 100 Å². The molecule has 0 aromatic heterocycles. The van der Waals surface area contributed by atoms with Gasteiger partial charge in [0.1, 0.15) is 5.75 Å². The highest BCUT2D eigenvalue weighted by atomic mass is 35.5. The first-order chi connectivity index (χ1) is 7.47. The zero-order valence-electron chi connectivity index (χ0n) is 9.67. The fourth-order valence-corrected chi connectivity index (χ4v) is 1.44. The van der Waals surface area contributed by atoms with Gasteiger partial charge < -0.3 is 10.4 Å². The van der Waals surface area contributed by atoms with Crippen molar-refractivity contribution in [1.29, 1.82) is 0 Å². The molecule has 0 aliphatic carbocycles. The van der Waals surface area contributed by atoms with E-state index >= 15 is 0 Å². The Morgan fingerprint density at radius 2 is 2.12 bits per heavy atom. The molecule has 0 aliphatic rings. The maximum absolute atomic E-state index is 11.6. The van der Waals surface area contributed by atoms with Crippen molar-refractivity contribution in [2.24, 2.45) is 5.92 Å². The molecule has 0 spiro atoms. The van der Waals surface area contributed by atoms with Crippen LogP contribution in [0, 0.1) is 19.8 Å². The molecule has 1 aromatic carbocycles. The molecule has 1 atom stereocenters. The zero-order chi connectivity index (χ0) is 12.3. The molecule has 3 nitrogen and oxygen atoms in total. The first-order valence-electron chi connectivity index (χ1n) is 5.13. The second kappa shape index (κ2) is 5.21. The van der Waals surface area contributed by atoms with E-state index in [2.05, 4.69) is 5.32 Å². The fourth-order valence-electron chi connectivity index (χ4n) is 1.30. The van der Waals surface area contributed by atoms with Gasteiger partial charge in [-0.25, -0.2) is 0 Å². The molecule has 16 heavy (non-hydrogen) atoms. The molecule has 0 saturated heterocycles. The summed E-state index contributed by atoms with van der Waals surface area (Å²) in [7, 11) is 0. The predicted octanol–water partition coefficient (Wildman–Crippen LogP) is 2.82. The maximum atomic E-state index is 11.6. The van der Waals surface area contributed by atoms with Gasteiger partial charge in [0, 0.05) is 23.0 Å². The van der Waals surface area contributed by atoms with Crippen molar-refractivity contribution >= 4 is 23.2 Å². The van der Waals surface area contributed by atoms with Gasteiger partial charge in [-0.1, -0.05) is 13.0 Å². The number of alkyl halides is 1. The van der Waals surface area contributed by atoms with Crippen molar-refractivity contribution in [3.63, 3.8) is 0 Å². The molecular formula is C12H16ClNO2. The Morgan fingerprint density at radius 1 is 1.50 bits per heavy atom. The number of phenolic OH excluding ortho intramolecular Hbond substituents is 1. The van der Waals surface area contributed by atoms with Crippen LogP contribution < -0.4 is 5.32 Å². The largest absolute Gasteiger partial charge is 0.507 e. The highest BCUT2D eigenvalue weighted by Crippen LogP contribution is 2.28. The molecule has 0 saturated carbocycles. The van der Waals surface area contributed by atoms with Crippen molar-refractivity contribution < 1.29 is 9.90 Å². The number of carbonyl (C=O) groups is 1. The third-order valence-electron chi connectivity index (χ3n) is 2.57. The zero-order valence-corrected chi connectivity index (χ0v) is 10.4. The standard InChI is InChI=1S/C12H16ClNO2/c1-7-4-5-10(9(3)11(7)15)14-12(16)8(2)6-13/h4-5,8,15H,6H2,1-3H3,(H,14,16). The molecule has 0 aliphatic heterocycles. The molecule has 2 N–H and O–H groups in total. The number of halogens is 1. The minimum atomic E-state index is -0.246. The monoisotopic (exact) mass is 241 g/mol. The minimum Gasteiger partial charge on any atom is -0.507 e. The third-order valence-corrected chi connectivity index (χ3v) is 3.03. The number of amides is 1. The van der Waals surface area contributed by atoms with Crippen LogP contribution in [0.15, 0.2) is 12.1 Å². The van der Waals surface area contributed by atoms with E-state index in [4.69, 9.17) is 11.6 Å². The quantitative estimate of drug-likeness (QED) is 0.800. The number of benzene rings is 1. The number of rotatable bonds is 3. The van der Waals surface area contributed by atoms with Crippen LogP contribution in [0.3, 0.4) is 0 Å². The van der Waals surface area contributed by atoms with Gasteiger partial charge in [0.05, 0.1) is 0 Å². The SMILES string of the molecule is Cc1ccc(NC(=O)C(C)CCl)c(C)c1O. The number of carbonyl (C=O) groups excluding carboxylic acids is 1. The van der Waals surface area contributed by atoms with Gasteiger partial charge in [-0.2, -0.15) is 0 Å². The highest BCUT2D eigenvalue weighted by molar-refractivity contribution is 6.19. The Morgan fingerprint density at radius 3 is 2.69 bits per heavy atom. The van der Waals surface area contributed by atoms with Crippen LogP contribution in [0.2, 0.25) is 0 Å². The van der Waals surface area contributed by atoms with Crippen LogP contribution in [-0.2, 0) is 4.79 Å². The van der Waals surface area contributed by atoms with Gasteiger partial charge in [-0.15, -0.1) is 11.6 Å². The number of phenols is 1. The number of nitrogens with one attached hydrogen (secondary N) is 1. The molecule has 0 heterocycles. The van der Waals surface area contributed by atoms with E-state index in [0.717, 1.165) is 5.56 Å². The van der Waals surface area contributed by atoms with E-state index in [-0.39, 0.29) is 23.5 Å². The van der Waals surface area contributed by atoms with E-state index in [0.29, 0.717) is 11.3 Å². The number of anilines is 1. The second-order valence-electron chi connectivity index (χ2n) is 3.95. The van der Waals surface area contributed by atoms with Crippen molar-refractivity contribution in [1.82, 2.24) is 0 Å². The fraction of sp³-hybridized carbons (Fsp3) is 0.417. The minimum absolute atomic E-state index is 0.138. The summed E-state index contributed by atoms with van der Waals surface area (Å²) in [6, 6.07) is 3.55. The summed E-state index contributed by atoms with van der Waals surface area (Å²) in [6.07, 6.45) is 0.